The fourth-order valence-electron chi connectivity index (χ4n) is 1.56. The van der Waals surface area contributed by atoms with Crippen LogP contribution in [0, 0.1) is 0 Å². The van der Waals surface area contributed by atoms with Crippen molar-refractivity contribution in [2.24, 2.45) is 0 Å². The van der Waals surface area contributed by atoms with Crippen LogP contribution in [0.3, 0.4) is 0 Å². The molecule has 0 heterocycles. The van der Waals surface area contributed by atoms with Crippen LogP contribution >= 0.6 is 0 Å². The summed E-state index contributed by atoms with van der Waals surface area (Å²) in [5.74, 6) is 1.28. The van der Waals surface area contributed by atoms with Crippen LogP contribution in [0.5, 0.6) is 0 Å². The Morgan fingerprint density at radius 2 is 0.833 bits per heavy atom. The third kappa shape index (κ3) is 9.06. The van der Waals surface area contributed by atoms with E-state index in [9.17, 15) is 0 Å². The van der Waals surface area contributed by atoms with E-state index in [4.69, 9.17) is 31.5 Å². The van der Waals surface area contributed by atoms with Gasteiger partial charge >= 0.3 is 0 Å². The summed E-state index contributed by atoms with van der Waals surface area (Å²) in [4.78, 5) is 0. The van der Waals surface area contributed by atoms with Gasteiger partial charge in [-0.1, -0.05) is 52.0 Å². The third-order valence-corrected chi connectivity index (χ3v) is 2.24. The van der Waals surface area contributed by atoms with Crippen molar-refractivity contribution >= 4 is 0 Å². The van der Waals surface area contributed by atoms with Gasteiger partial charge in [0.05, 0.1) is 0 Å². The van der Waals surface area contributed by atoms with Gasteiger partial charge in [0.25, 0.3) is 0 Å². The molecular formula is C12H24O6. The van der Waals surface area contributed by atoms with Crippen LogP contribution in [0.4, 0.5) is 0 Å². The Hall–Kier alpha value is -1.02. The first kappa shape index (κ1) is 22.2. The lowest BCUT2D eigenvalue weighted by molar-refractivity contribution is -0.176. The lowest BCUT2D eigenvalue weighted by Gasteiger charge is -2.14. The van der Waals surface area contributed by atoms with E-state index >= 15 is 0 Å². The molecule has 1 aromatic carbocycles. The predicted molar refractivity (Wildman–Crippen MR) is 70.4 cm³/mol. The van der Waals surface area contributed by atoms with E-state index in [1.807, 2.05) is 0 Å². The monoisotopic (exact) mass is 264 g/mol. The van der Waals surface area contributed by atoms with Gasteiger partial charge in [0.2, 0.25) is 0 Å². The summed E-state index contributed by atoms with van der Waals surface area (Å²) in [6, 6.07) is 8.72. The van der Waals surface area contributed by atoms with Gasteiger partial charge in [0, 0.05) is 0 Å². The molecule has 0 aliphatic heterocycles. The summed E-state index contributed by atoms with van der Waals surface area (Å²) >= 11 is 0. The SMILES string of the molecule is CC(C)c1ccccc1C(C)C.OO.OO.OO. The summed E-state index contributed by atoms with van der Waals surface area (Å²) in [5, 5.41) is 36.0. The van der Waals surface area contributed by atoms with Crippen molar-refractivity contribution in [1.29, 1.82) is 0 Å². The van der Waals surface area contributed by atoms with Gasteiger partial charge < -0.3 is 0 Å². The molecule has 0 unspecified atom stereocenters. The van der Waals surface area contributed by atoms with E-state index < -0.39 is 0 Å². The summed E-state index contributed by atoms with van der Waals surface area (Å²) < 4.78 is 0. The van der Waals surface area contributed by atoms with Gasteiger partial charge in [-0.2, -0.15) is 0 Å². The molecule has 108 valence electrons. The Balaban J connectivity index is -0.000000328. The highest BCUT2D eigenvalue weighted by molar-refractivity contribution is 5.31. The van der Waals surface area contributed by atoms with Crippen LogP contribution in [-0.2, 0) is 0 Å². The van der Waals surface area contributed by atoms with Crippen molar-refractivity contribution in [3.8, 4) is 0 Å². The van der Waals surface area contributed by atoms with E-state index in [-0.39, 0.29) is 0 Å². The summed E-state index contributed by atoms with van der Waals surface area (Å²) in [6.45, 7) is 9.00. The Bertz CT molecular complexity index is 235. The second kappa shape index (κ2) is 16.0. The maximum Gasteiger partial charge on any atom is -0.0216 e. The maximum atomic E-state index is 6.00. The first-order valence-corrected chi connectivity index (χ1v) is 5.31. The maximum absolute atomic E-state index is 6.00. The van der Waals surface area contributed by atoms with Gasteiger partial charge in [-0.3, -0.25) is 31.5 Å². The highest BCUT2D eigenvalue weighted by Gasteiger charge is 2.07. The Labute approximate surface area is 107 Å². The molecule has 6 heteroatoms. The van der Waals surface area contributed by atoms with Crippen LogP contribution in [0.15, 0.2) is 24.3 Å². The van der Waals surface area contributed by atoms with Crippen molar-refractivity contribution in [3.63, 3.8) is 0 Å². The second-order valence-electron chi connectivity index (χ2n) is 3.94. The minimum Gasteiger partial charge on any atom is -0.255 e. The normalized spacial score (nSPS) is 8.44. The van der Waals surface area contributed by atoms with Gasteiger partial charge in [-0.15, -0.1) is 0 Å². The molecule has 1 aromatic rings. The van der Waals surface area contributed by atoms with Crippen LogP contribution < -0.4 is 0 Å². The average molecular weight is 264 g/mol. The quantitative estimate of drug-likeness (QED) is 0.355. The van der Waals surface area contributed by atoms with Gasteiger partial charge in [0.15, 0.2) is 0 Å². The summed E-state index contributed by atoms with van der Waals surface area (Å²) in [7, 11) is 0. The Morgan fingerprint density at radius 3 is 1.00 bits per heavy atom. The largest absolute Gasteiger partial charge is 0.255 e. The fraction of sp³-hybridized carbons (Fsp3) is 0.500. The minimum atomic E-state index is 0.642. The molecule has 0 atom stereocenters. The zero-order chi connectivity index (χ0) is 15.1. The predicted octanol–water partition coefficient (Wildman–Crippen LogP) is 3.99. The first-order valence-electron chi connectivity index (χ1n) is 5.31. The molecule has 0 amide bonds. The molecule has 0 bridgehead atoms. The fourth-order valence-corrected chi connectivity index (χ4v) is 1.56. The van der Waals surface area contributed by atoms with E-state index in [2.05, 4.69) is 52.0 Å². The summed E-state index contributed by atoms with van der Waals surface area (Å²) in [5.41, 5.74) is 2.99. The lowest BCUT2D eigenvalue weighted by atomic mass is 9.91. The lowest BCUT2D eigenvalue weighted by Crippen LogP contribution is -1.97. The van der Waals surface area contributed by atoms with Gasteiger partial charge in [0.1, 0.15) is 0 Å². The Kier molecular flexibility index (Phi) is 19.7. The molecular weight excluding hydrogens is 240 g/mol. The zero-order valence-electron chi connectivity index (χ0n) is 11.1. The van der Waals surface area contributed by atoms with E-state index in [1.54, 1.807) is 0 Å². The van der Waals surface area contributed by atoms with Crippen molar-refractivity contribution < 1.29 is 31.5 Å². The number of hydrogen-bond acceptors (Lipinski definition) is 6. The second-order valence-corrected chi connectivity index (χ2v) is 3.94. The summed E-state index contributed by atoms with van der Waals surface area (Å²) in [6.07, 6.45) is 0. The first-order chi connectivity index (χ1) is 8.63. The van der Waals surface area contributed by atoms with Crippen molar-refractivity contribution in [1.82, 2.24) is 0 Å². The van der Waals surface area contributed by atoms with E-state index in [1.165, 1.54) is 11.1 Å². The van der Waals surface area contributed by atoms with Crippen LogP contribution in [0.2, 0.25) is 0 Å². The molecule has 0 saturated heterocycles. The van der Waals surface area contributed by atoms with E-state index in [0.717, 1.165) is 0 Å². The minimum absolute atomic E-state index is 0.642. The molecule has 6 nitrogen and oxygen atoms in total. The molecule has 0 aliphatic carbocycles. The molecule has 1 rings (SSSR count). The third-order valence-electron chi connectivity index (χ3n) is 2.24. The molecule has 0 saturated carbocycles. The number of rotatable bonds is 2. The molecule has 0 spiro atoms. The molecule has 6 N–H and O–H groups in total. The van der Waals surface area contributed by atoms with Crippen LogP contribution in [0.25, 0.3) is 0 Å². The average Bonchev–Trinajstić information content (AvgIpc) is 2.45. The zero-order valence-corrected chi connectivity index (χ0v) is 11.1. The van der Waals surface area contributed by atoms with Gasteiger partial charge in [-0.25, -0.2) is 0 Å². The van der Waals surface area contributed by atoms with Gasteiger partial charge in [-0.05, 0) is 23.0 Å². The molecule has 0 aliphatic rings. The van der Waals surface area contributed by atoms with Crippen molar-refractivity contribution in [3.05, 3.63) is 35.4 Å². The molecule has 0 aromatic heterocycles. The van der Waals surface area contributed by atoms with E-state index in [0.29, 0.717) is 11.8 Å². The highest BCUT2D eigenvalue weighted by atomic mass is 17.0. The number of benzene rings is 1. The highest BCUT2D eigenvalue weighted by Crippen LogP contribution is 2.25. The van der Waals surface area contributed by atoms with Crippen LogP contribution in [-0.4, -0.2) is 31.5 Å². The van der Waals surface area contributed by atoms with Crippen molar-refractivity contribution in [2.75, 3.05) is 0 Å². The molecule has 18 heavy (non-hydrogen) atoms. The smallest absolute Gasteiger partial charge is 0.0216 e. The van der Waals surface area contributed by atoms with Crippen molar-refractivity contribution in [2.45, 2.75) is 39.5 Å². The van der Waals surface area contributed by atoms with Crippen LogP contribution in [0.1, 0.15) is 50.7 Å². The molecule has 0 radical (unpaired) electrons. The standard InChI is InChI=1S/C12H18.3H2O2/c1-9(2)11-7-5-6-8-12(11)10(3)4;3*1-2/h5-10H,1-4H3;3*1-2H. The topological polar surface area (TPSA) is 121 Å². The Morgan fingerprint density at radius 1 is 0.611 bits per heavy atom. The molecule has 0 fully saturated rings. The number of hydrogen-bond donors (Lipinski definition) is 6.